The van der Waals surface area contributed by atoms with Crippen LogP contribution in [-0.4, -0.2) is 74.4 Å². The van der Waals surface area contributed by atoms with Crippen LogP contribution in [0.25, 0.3) is 10.6 Å². The van der Waals surface area contributed by atoms with Gasteiger partial charge in [-0.05, 0) is 68.9 Å². The van der Waals surface area contributed by atoms with E-state index < -0.39 is 23.2 Å². The number of likely N-dealkylation sites (tertiary alicyclic amines) is 2. The van der Waals surface area contributed by atoms with Crippen molar-refractivity contribution in [2.45, 2.75) is 68.4 Å². The molecule has 3 aliphatic rings. The fourth-order valence-electron chi connectivity index (χ4n) is 6.81. The summed E-state index contributed by atoms with van der Waals surface area (Å²) < 4.78 is 39.0. The van der Waals surface area contributed by atoms with Crippen LogP contribution >= 0.6 is 11.3 Å². The Labute approximate surface area is 245 Å². The van der Waals surface area contributed by atoms with Gasteiger partial charge in [0, 0.05) is 60.1 Å². The van der Waals surface area contributed by atoms with Crippen molar-refractivity contribution in [1.82, 2.24) is 25.1 Å². The Hall–Kier alpha value is -3.35. The molecule has 6 rings (SSSR count). The van der Waals surface area contributed by atoms with Crippen molar-refractivity contribution in [1.29, 1.82) is 0 Å². The minimum Gasteiger partial charge on any atom is -0.384 e. The molecular formula is C30H32F3N5O3S. The number of fused-ring (bicyclic) bond motifs is 1. The summed E-state index contributed by atoms with van der Waals surface area (Å²) in [6.45, 7) is 1.18. The number of amides is 2. The van der Waals surface area contributed by atoms with Gasteiger partial charge in [0.25, 0.3) is 5.91 Å². The number of rotatable bonds is 6. The molecule has 1 aliphatic carbocycles. The van der Waals surface area contributed by atoms with Gasteiger partial charge in [-0.1, -0.05) is 6.07 Å². The molecule has 4 heterocycles. The van der Waals surface area contributed by atoms with Crippen molar-refractivity contribution >= 4 is 23.2 Å². The van der Waals surface area contributed by atoms with Gasteiger partial charge in [-0.3, -0.25) is 19.5 Å². The number of thiazole rings is 1. The van der Waals surface area contributed by atoms with Gasteiger partial charge in [0.1, 0.15) is 10.6 Å². The van der Waals surface area contributed by atoms with E-state index in [0.717, 1.165) is 54.9 Å². The number of pyridine rings is 1. The summed E-state index contributed by atoms with van der Waals surface area (Å²) in [4.78, 5) is 38.7. The third kappa shape index (κ3) is 5.67. The van der Waals surface area contributed by atoms with Crippen LogP contribution in [0.15, 0.2) is 54.2 Å². The molecule has 222 valence electrons. The summed E-state index contributed by atoms with van der Waals surface area (Å²) in [6, 6.07) is 8.62. The summed E-state index contributed by atoms with van der Waals surface area (Å²) in [7, 11) is 0. The number of benzene rings is 1. The van der Waals surface area contributed by atoms with Crippen LogP contribution in [0.3, 0.4) is 0 Å². The maximum atomic E-state index is 13.0. The van der Waals surface area contributed by atoms with Crippen LogP contribution in [0.1, 0.15) is 60.1 Å². The monoisotopic (exact) mass is 599 g/mol. The molecule has 8 nitrogen and oxygen atoms in total. The second kappa shape index (κ2) is 11.4. The molecule has 2 amide bonds. The average Bonchev–Trinajstić information content (AvgIpc) is 3.75. The molecule has 0 radical (unpaired) electrons. The molecule has 2 N–H and O–H groups in total. The van der Waals surface area contributed by atoms with Crippen LogP contribution in [0.4, 0.5) is 13.2 Å². The first-order valence-electron chi connectivity index (χ1n) is 14.2. The number of aromatic nitrogens is 2. The number of nitrogens with one attached hydrogen (secondary N) is 1. The standard InChI is InChI=1S/C30H32F3N5O3S/c31-30(32,33)21-3-1-2-19(16-21)27(40)36-18-26(39)38-14-9-23-24(38)8-13-37(23)22-6-10-29(41,11-7-22)25-5-4-20(17-35-25)28-34-12-15-42-28/h1-5,12,15-17,22-24,41H,6-11,13-14,18H2,(H,36,40). The Morgan fingerprint density at radius 1 is 1.05 bits per heavy atom. The first-order valence-corrected chi connectivity index (χ1v) is 15.1. The maximum Gasteiger partial charge on any atom is 0.416 e. The van der Waals surface area contributed by atoms with Crippen molar-refractivity contribution in [2.75, 3.05) is 19.6 Å². The number of nitrogens with zero attached hydrogens (tertiary/aromatic N) is 4. The lowest BCUT2D eigenvalue weighted by Crippen LogP contribution is -2.47. The average molecular weight is 600 g/mol. The van der Waals surface area contributed by atoms with E-state index in [0.29, 0.717) is 31.1 Å². The molecule has 3 aromatic rings. The largest absolute Gasteiger partial charge is 0.416 e. The van der Waals surface area contributed by atoms with Gasteiger partial charge in [0.2, 0.25) is 5.91 Å². The quantitative estimate of drug-likeness (QED) is 0.434. The van der Waals surface area contributed by atoms with E-state index in [1.165, 1.54) is 12.1 Å². The number of hydrogen-bond acceptors (Lipinski definition) is 7. The van der Waals surface area contributed by atoms with E-state index in [1.54, 1.807) is 23.7 Å². The summed E-state index contributed by atoms with van der Waals surface area (Å²) in [6.07, 6.45) is 3.53. The van der Waals surface area contributed by atoms with E-state index in [-0.39, 0.29) is 30.1 Å². The molecule has 1 aromatic carbocycles. The van der Waals surface area contributed by atoms with Gasteiger partial charge in [0.05, 0.1) is 17.8 Å². The van der Waals surface area contributed by atoms with Crippen molar-refractivity contribution in [3.63, 3.8) is 0 Å². The fraction of sp³-hybridized carbons (Fsp3) is 0.467. The van der Waals surface area contributed by atoms with Gasteiger partial charge >= 0.3 is 6.18 Å². The van der Waals surface area contributed by atoms with Crippen LogP contribution < -0.4 is 5.32 Å². The Morgan fingerprint density at radius 2 is 1.83 bits per heavy atom. The first-order chi connectivity index (χ1) is 20.1. The minimum atomic E-state index is -4.55. The molecule has 2 atom stereocenters. The maximum absolute atomic E-state index is 13.0. The number of aliphatic hydroxyl groups is 1. The molecule has 0 spiro atoms. The molecule has 3 fully saturated rings. The highest BCUT2D eigenvalue weighted by molar-refractivity contribution is 7.13. The van der Waals surface area contributed by atoms with Gasteiger partial charge < -0.3 is 15.3 Å². The summed E-state index contributed by atoms with van der Waals surface area (Å²) >= 11 is 1.55. The van der Waals surface area contributed by atoms with Gasteiger partial charge in [-0.2, -0.15) is 13.2 Å². The zero-order valence-electron chi connectivity index (χ0n) is 22.9. The topological polar surface area (TPSA) is 98.7 Å². The van der Waals surface area contributed by atoms with E-state index in [1.807, 2.05) is 22.4 Å². The van der Waals surface area contributed by atoms with E-state index in [4.69, 9.17) is 0 Å². The molecule has 2 aromatic heterocycles. The summed E-state index contributed by atoms with van der Waals surface area (Å²) in [5.74, 6) is -0.935. The lowest BCUT2D eigenvalue weighted by Gasteiger charge is -2.41. The van der Waals surface area contributed by atoms with Gasteiger partial charge in [0.15, 0.2) is 0 Å². The first kappa shape index (κ1) is 28.8. The fourth-order valence-corrected chi connectivity index (χ4v) is 7.44. The van der Waals surface area contributed by atoms with Crippen molar-refractivity contribution in [3.05, 3.63) is 71.0 Å². The van der Waals surface area contributed by atoms with E-state index >= 15 is 0 Å². The van der Waals surface area contributed by atoms with Crippen molar-refractivity contribution in [3.8, 4) is 10.6 Å². The highest BCUT2D eigenvalue weighted by atomic mass is 32.1. The Bertz CT molecular complexity index is 1420. The van der Waals surface area contributed by atoms with E-state index in [2.05, 4.69) is 20.2 Å². The highest BCUT2D eigenvalue weighted by Crippen LogP contribution is 2.42. The molecule has 1 saturated carbocycles. The predicted octanol–water partition coefficient (Wildman–Crippen LogP) is 4.46. The number of carbonyl (C=O) groups excluding carboxylic acids is 2. The third-order valence-corrected chi connectivity index (χ3v) is 9.78. The molecule has 2 aliphatic heterocycles. The molecule has 2 unspecified atom stereocenters. The second-order valence-corrected chi connectivity index (χ2v) is 12.2. The summed E-state index contributed by atoms with van der Waals surface area (Å²) in [5, 5.41) is 16.7. The number of carbonyl (C=O) groups is 2. The molecule has 12 heteroatoms. The smallest absolute Gasteiger partial charge is 0.384 e. The van der Waals surface area contributed by atoms with Crippen LogP contribution in [0.5, 0.6) is 0 Å². The number of halogens is 3. The molecule has 42 heavy (non-hydrogen) atoms. The summed E-state index contributed by atoms with van der Waals surface area (Å²) in [5.41, 5.74) is -0.383. The van der Waals surface area contributed by atoms with Crippen LogP contribution in [0, 0.1) is 0 Å². The minimum absolute atomic E-state index is 0.0452. The zero-order chi connectivity index (χ0) is 29.5. The Balaban J connectivity index is 1.01. The normalized spacial score (nSPS) is 26.3. The van der Waals surface area contributed by atoms with Crippen molar-refractivity contribution in [2.24, 2.45) is 0 Å². The predicted molar refractivity (Wildman–Crippen MR) is 151 cm³/mol. The Kier molecular flexibility index (Phi) is 7.79. The lowest BCUT2D eigenvalue weighted by molar-refractivity contribution is -0.137. The van der Waals surface area contributed by atoms with Gasteiger partial charge in [-0.15, -0.1) is 11.3 Å². The Morgan fingerprint density at radius 3 is 2.52 bits per heavy atom. The highest BCUT2D eigenvalue weighted by Gasteiger charge is 2.48. The number of alkyl halides is 3. The van der Waals surface area contributed by atoms with Crippen LogP contribution in [0.2, 0.25) is 0 Å². The number of hydrogen-bond donors (Lipinski definition) is 2. The molecular weight excluding hydrogens is 567 g/mol. The SMILES string of the molecule is O=C(NCC(=O)N1CCC2C1CCN2C1CCC(O)(c2ccc(-c3nccs3)cn2)CC1)c1cccc(C(F)(F)F)c1. The lowest BCUT2D eigenvalue weighted by atomic mass is 9.79. The van der Waals surface area contributed by atoms with Crippen LogP contribution in [-0.2, 0) is 16.6 Å². The second-order valence-electron chi connectivity index (χ2n) is 11.3. The third-order valence-electron chi connectivity index (χ3n) is 8.96. The van der Waals surface area contributed by atoms with E-state index in [9.17, 15) is 27.9 Å². The van der Waals surface area contributed by atoms with Gasteiger partial charge in [-0.25, -0.2) is 4.98 Å². The molecule has 0 bridgehead atoms. The van der Waals surface area contributed by atoms with Crippen molar-refractivity contribution < 1.29 is 27.9 Å². The molecule has 2 saturated heterocycles. The zero-order valence-corrected chi connectivity index (χ0v) is 23.7.